The number of rotatable bonds is 2. The summed E-state index contributed by atoms with van der Waals surface area (Å²) in [5.74, 6) is 0.885. The Bertz CT molecular complexity index is 783. The van der Waals surface area contributed by atoms with E-state index in [1.54, 1.807) is 18.2 Å². The van der Waals surface area contributed by atoms with E-state index in [-0.39, 0.29) is 11.3 Å². The van der Waals surface area contributed by atoms with Gasteiger partial charge in [-0.1, -0.05) is 12.1 Å². The molecular weight excluding hydrogens is 230 g/mol. The number of carbonyl (C=O) groups is 1. The molecule has 0 fully saturated rings. The monoisotopic (exact) mass is 239 g/mol. The first kappa shape index (κ1) is 10.5. The van der Waals surface area contributed by atoms with Crippen LogP contribution in [0, 0.1) is 0 Å². The fourth-order valence-electron chi connectivity index (χ4n) is 1.87. The molecule has 0 saturated carbocycles. The molecule has 2 aromatic heterocycles. The van der Waals surface area contributed by atoms with Gasteiger partial charge in [0.2, 0.25) is 5.56 Å². The molecule has 4 heteroatoms. The van der Waals surface area contributed by atoms with Crippen LogP contribution in [0.25, 0.3) is 22.2 Å². The van der Waals surface area contributed by atoms with Crippen molar-refractivity contribution in [3.8, 4) is 11.3 Å². The van der Waals surface area contributed by atoms with Gasteiger partial charge in [-0.2, -0.15) is 0 Å². The van der Waals surface area contributed by atoms with E-state index < -0.39 is 0 Å². The highest BCUT2D eigenvalue weighted by atomic mass is 16.3. The lowest BCUT2D eigenvalue weighted by molar-refractivity contribution is 0.110. The summed E-state index contributed by atoms with van der Waals surface area (Å²) in [7, 11) is 0. The predicted octanol–water partition coefficient (Wildman–Crippen LogP) is 2.60. The first-order valence-electron chi connectivity index (χ1n) is 5.45. The van der Waals surface area contributed by atoms with Gasteiger partial charge in [0.15, 0.2) is 12.0 Å². The minimum absolute atomic E-state index is 0.146. The zero-order valence-electron chi connectivity index (χ0n) is 9.34. The maximum Gasteiger partial charge on any atom is 0.248 e. The van der Waals surface area contributed by atoms with Crippen molar-refractivity contribution >= 4 is 17.2 Å². The second-order valence-corrected chi connectivity index (χ2v) is 3.94. The van der Waals surface area contributed by atoms with Gasteiger partial charge in [-0.3, -0.25) is 9.59 Å². The molecule has 0 saturated heterocycles. The van der Waals surface area contributed by atoms with Crippen LogP contribution in [0.1, 0.15) is 10.6 Å². The second-order valence-electron chi connectivity index (χ2n) is 3.94. The molecule has 88 valence electrons. The van der Waals surface area contributed by atoms with E-state index in [4.69, 9.17) is 4.42 Å². The van der Waals surface area contributed by atoms with Crippen molar-refractivity contribution in [2.24, 2.45) is 0 Å². The molecule has 0 bridgehead atoms. The lowest BCUT2D eigenvalue weighted by atomic mass is 10.1. The Kier molecular flexibility index (Phi) is 2.34. The van der Waals surface area contributed by atoms with E-state index in [0.29, 0.717) is 12.0 Å². The van der Waals surface area contributed by atoms with Crippen LogP contribution in [-0.2, 0) is 0 Å². The number of furan rings is 1. The number of benzene rings is 1. The van der Waals surface area contributed by atoms with Gasteiger partial charge < -0.3 is 9.40 Å². The number of hydrogen-bond donors (Lipinski definition) is 1. The van der Waals surface area contributed by atoms with E-state index in [1.807, 2.05) is 18.2 Å². The van der Waals surface area contributed by atoms with E-state index in [0.717, 1.165) is 16.5 Å². The molecule has 0 amide bonds. The normalized spacial score (nSPS) is 10.7. The van der Waals surface area contributed by atoms with Gasteiger partial charge in [0.1, 0.15) is 5.76 Å². The number of aromatic amines is 1. The van der Waals surface area contributed by atoms with Crippen molar-refractivity contribution in [1.29, 1.82) is 0 Å². The molecule has 0 aliphatic heterocycles. The number of pyridine rings is 1. The van der Waals surface area contributed by atoms with Crippen LogP contribution >= 0.6 is 0 Å². The Morgan fingerprint density at radius 2 is 1.89 bits per heavy atom. The zero-order valence-corrected chi connectivity index (χ0v) is 9.34. The van der Waals surface area contributed by atoms with E-state index in [2.05, 4.69) is 4.98 Å². The van der Waals surface area contributed by atoms with Crippen molar-refractivity contribution in [1.82, 2.24) is 4.98 Å². The van der Waals surface area contributed by atoms with Crippen molar-refractivity contribution in [2.45, 2.75) is 0 Å². The van der Waals surface area contributed by atoms with E-state index >= 15 is 0 Å². The second kappa shape index (κ2) is 4.00. The standard InChI is InChI=1S/C14H9NO3/c16-8-11-4-5-13(18-11)10-2-1-9-3-6-14(17)15-12(9)7-10/h1-8H,(H,15,17). The van der Waals surface area contributed by atoms with Crippen LogP contribution in [0.2, 0.25) is 0 Å². The summed E-state index contributed by atoms with van der Waals surface area (Å²) < 4.78 is 5.34. The molecule has 0 radical (unpaired) electrons. The van der Waals surface area contributed by atoms with Crippen LogP contribution in [-0.4, -0.2) is 11.3 Å². The molecule has 18 heavy (non-hydrogen) atoms. The minimum atomic E-state index is -0.146. The maximum absolute atomic E-state index is 11.3. The van der Waals surface area contributed by atoms with Gasteiger partial charge in [0.05, 0.1) is 0 Å². The summed E-state index contributed by atoms with van der Waals surface area (Å²) in [5, 5.41) is 0.945. The topological polar surface area (TPSA) is 63.1 Å². The minimum Gasteiger partial charge on any atom is -0.453 e. The summed E-state index contributed by atoms with van der Waals surface area (Å²) in [6.07, 6.45) is 0.659. The van der Waals surface area contributed by atoms with Crippen molar-refractivity contribution in [2.75, 3.05) is 0 Å². The Hall–Kier alpha value is -2.62. The molecular formula is C14H9NO3. The lowest BCUT2D eigenvalue weighted by Gasteiger charge is -2.00. The average molecular weight is 239 g/mol. The third kappa shape index (κ3) is 1.73. The quantitative estimate of drug-likeness (QED) is 0.699. The fraction of sp³-hybridized carbons (Fsp3) is 0. The fourth-order valence-corrected chi connectivity index (χ4v) is 1.87. The summed E-state index contributed by atoms with van der Waals surface area (Å²) in [6, 6.07) is 12.2. The van der Waals surface area contributed by atoms with Crippen LogP contribution in [0.5, 0.6) is 0 Å². The summed E-state index contributed by atoms with van der Waals surface area (Å²) in [6.45, 7) is 0. The van der Waals surface area contributed by atoms with Crippen molar-refractivity contribution in [3.05, 3.63) is 58.6 Å². The zero-order chi connectivity index (χ0) is 12.5. The Labute approximate surface area is 102 Å². The van der Waals surface area contributed by atoms with Crippen LogP contribution in [0.15, 0.2) is 51.7 Å². The van der Waals surface area contributed by atoms with Crippen LogP contribution in [0.3, 0.4) is 0 Å². The summed E-state index contributed by atoms with van der Waals surface area (Å²) in [5.41, 5.74) is 1.41. The predicted molar refractivity (Wildman–Crippen MR) is 67.7 cm³/mol. The number of nitrogens with one attached hydrogen (secondary N) is 1. The first-order valence-corrected chi connectivity index (χ1v) is 5.45. The largest absolute Gasteiger partial charge is 0.453 e. The third-order valence-corrected chi connectivity index (χ3v) is 2.75. The molecule has 1 N–H and O–H groups in total. The molecule has 3 aromatic rings. The molecule has 0 spiro atoms. The first-order chi connectivity index (χ1) is 8.76. The maximum atomic E-state index is 11.3. The van der Waals surface area contributed by atoms with Crippen molar-refractivity contribution in [3.63, 3.8) is 0 Å². The van der Waals surface area contributed by atoms with Crippen molar-refractivity contribution < 1.29 is 9.21 Å². The number of aromatic nitrogens is 1. The van der Waals surface area contributed by atoms with E-state index in [9.17, 15) is 9.59 Å². The van der Waals surface area contributed by atoms with Crippen LogP contribution < -0.4 is 5.56 Å². The van der Waals surface area contributed by atoms with Gasteiger partial charge in [0.25, 0.3) is 0 Å². The molecule has 0 aliphatic rings. The highest BCUT2D eigenvalue weighted by Gasteiger charge is 2.05. The van der Waals surface area contributed by atoms with Crippen LogP contribution in [0.4, 0.5) is 0 Å². The number of hydrogen-bond acceptors (Lipinski definition) is 3. The summed E-state index contributed by atoms with van der Waals surface area (Å²) in [4.78, 5) is 24.6. The molecule has 0 atom stereocenters. The lowest BCUT2D eigenvalue weighted by Crippen LogP contribution is -2.02. The molecule has 1 aromatic carbocycles. The average Bonchev–Trinajstić information content (AvgIpc) is 2.86. The molecule has 3 rings (SSSR count). The molecule has 4 nitrogen and oxygen atoms in total. The molecule has 0 aliphatic carbocycles. The highest BCUT2D eigenvalue weighted by molar-refractivity contribution is 5.83. The Morgan fingerprint density at radius 1 is 1.06 bits per heavy atom. The highest BCUT2D eigenvalue weighted by Crippen LogP contribution is 2.24. The molecule has 2 heterocycles. The van der Waals surface area contributed by atoms with Gasteiger partial charge >= 0.3 is 0 Å². The number of carbonyl (C=O) groups excluding carboxylic acids is 1. The SMILES string of the molecule is O=Cc1ccc(-c2ccc3ccc(=O)[nH]c3c2)o1. The van der Waals surface area contributed by atoms with Gasteiger partial charge in [0, 0.05) is 17.1 Å². The molecule has 0 unspecified atom stereocenters. The summed E-state index contributed by atoms with van der Waals surface area (Å²) >= 11 is 0. The smallest absolute Gasteiger partial charge is 0.248 e. The third-order valence-electron chi connectivity index (χ3n) is 2.75. The Balaban J connectivity index is 2.17. The van der Waals surface area contributed by atoms with Gasteiger partial charge in [-0.05, 0) is 29.7 Å². The number of aldehydes is 1. The van der Waals surface area contributed by atoms with Gasteiger partial charge in [-0.15, -0.1) is 0 Å². The Morgan fingerprint density at radius 3 is 2.67 bits per heavy atom. The van der Waals surface area contributed by atoms with E-state index in [1.165, 1.54) is 6.07 Å². The number of fused-ring (bicyclic) bond motifs is 1. The van der Waals surface area contributed by atoms with Gasteiger partial charge in [-0.25, -0.2) is 0 Å². The number of H-pyrrole nitrogens is 1.